The van der Waals surface area contributed by atoms with E-state index in [0.717, 1.165) is 42.9 Å². The smallest absolute Gasteiger partial charge is 0.194 e. The Bertz CT molecular complexity index is 845. The fourth-order valence-electron chi connectivity index (χ4n) is 3.35. The van der Waals surface area contributed by atoms with Crippen LogP contribution in [0.3, 0.4) is 0 Å². The van der Waals surface area contributed by atoms with E-state index in [4.69, 9.17) is 9.73 Å². The average Bonchev–Trinajstić information content (AvgIpc) is 3.44. The molecule has 2 heterocycles. The van der Waals surface area contributed by atoms with Crippen LogP contribution in [0.2, 0.25) is 0 Å². The first-order chi connectivity index (χ1) is 13.1. The minimum Gasteiger partial charge on any atom is -0.494 e. The summed E-state index contributed by atoms with van der Waals surface area (Å²) in [5.41, 5.74) is 2.73. The molecule has 8 heteroatoms. The lowest BCUT2D eigenvalue weighted by molar-refractivity contribution is 0.337. The lowest BCUT2D eigenvalue weighted by Crippen LogP contribution is -2.45. The summed E-state index contributed by atoms with van der Waals surface area (Å²) in [5, 5.41) is 12.0. The highest BCUT2D eigenvalue weighted by atomic mass is 127. The fourth-order valence-corrected chi connectivity index (χ4v) is 3.35. The molecular weight excluding hydrogens is 467 g/mol. The molecule has 0 unspecified atom stereocenters. The summed E-state index contributed by atoms with van der Waals surface area (Å²) in [6.07, 6.45) is 3.46. The number of fused-ring (bicyclic) bond motifs is 1. The van der Waals surface area contributed by atoms with Gasteiger partial charge in [-0.1, -0.05) is 6.07 Å². The predicted octanol–water partition coefficient (Wildman–Crippen LogP) is 2.81. The topological polar surface area (TPSA) is 67.6 Å². The molecule has 1 saturated carbocycles. The first-order valence-electron chi connectivity index (χ1n) is 9.79. The number of hydrogen-bond acceptors (Lipinski definition) is 4. The highest BCUT2D eigenvalue weighted by Gasteiger charge is 2.27. The maximum atomic E-state index is 5.64. The van der Waals surface area contributed by atoms with Crippen LogP contribution in [-0.2, 0) is 26.6 Å². The third-order valence-electron chi connectivity index (χ3n) is 5.26. The Morgan fingerprint density at radius 1 is 1.29 bits per heavy atom. The van der Waals surface area contributed by atoms with Crippen LogP contribution in [0.25, 0.3) is 0 Å². The molecule has 0 bridgehead atoms. The van der Waals surface area contributed by atoms with Crippen molar-refractivity contribution in [3.63, 3.8) is 0 Å². The molecule has 4 rings (SSSR count). The van der Waals surface area contributed by atoms with Crippen molar-refractivity contribution < 1.29 is 4.74 Å². The van der Waals surface area contributed by atoms with Crippen LogP contribution >= 0.6 is 24.0 Å². The lowest BCUT2D eigenvalue weighted by Gasteiger charge is -2.32. The highest BCUT2D eigenvalue weighted by Crippen LogP contribution is 2.25. The molecule has 1 fully saturated rings. The molecule has 28 heavy (non-hydrogen) atoms. The molecule has 0 radical (unpaired) electrons. The van der Waals surface area contributed by atoms with E-state index in [-0.39, 0.29) is 24.0 Å². The van der Waals surface area contributed by atoms with Gasteiger partial charge >= 0.3 is 0 Å². The largest absolute Gasteiger partial charge is 0.494 e. The van der Waals surface area contributed by atoms with Gasteiger partial charge in [-0.05, 0) is 56.4 Å². The number of ether oxygens (including phenoxy) is 1. The van der Waals surface area contributed by atoms with Gasteiger partial charge in [-0.15, -0.1) is 34.2 Å². The second-order valence-corrected chi connectivity index (χ2v) is 7.32. The van der Waals surface area contributed by atoms with Crippen LogP contribution in [-0.4, -0.2) is 44.8 Å². The van der Waals surface area contributed by atoms with Crippen LogP contribution in [0.4, 0.5) is 0 Å². The van der Waals surface area contributed by atoms with Gasteiger partial charge < -0.3 is 19.5 Å². The third-order valence-corrected chi connectivity index (χ3v) is 5.26. The Balaban J connectivity index is 0.00000225. The van der Waals surface area contributed by atoms with E-state index in [9.17, 15) is 0 Å². The first-order valence-corrected chi connectivity index (χ1v) is 9.79. The van der Waals surface area contributed by atoms with Crippen molar-refractivity contribution in [1.29, 1.82) is 0 Å². The van der Waals surface area contributed by atoms with Gasteiger partial charge in [0, 0.05) is 26.2 Å². The van der Waals surface area contributed by atoms with Crippen molar-refractivity contribution in [2.45, 2.75) is 52.2 Å². The SMILES string of the molecule is CCOc1ccc2c(c1)CCN(C(=NCc1nnc(C)n1C)NC1CC1)C2.I. The number of nitrogens with one attached hydrogen (secondary N) is 1. The number of rotatable bonds is 5. The van der Waals surface area contributed by atoms with Crippen LogP contribution in [0, 0.1) is 6.92 Å². The molecule has 152 valence electrons. The summed E-state index contributed by atoms with van der Waals surface area (Å²) in [4.78, 5) is 7.23. The average molecular weight is 496 g/mol. The van der Waals surface area contributed by atoms with E-state index >= 15 is 0 Å². The Labute approximate surface area is 183 Å². The molecule has 2 aliphatic rings. The lowest BCUT2D eigenvalue weighted by atomic mass is 9.99. The summed E-state index contributed by atoms with van der Waals surface area (Å²) >= 11 is 0. The normalized spacial score (nSPS) is 16.4. The molecule has 2 aromatic rings. The standard InChI is InChI=1S/C20H28N6O.HI/c1-4-27-18-8-5-16-13-26(10-9-15(16)11-18)20(22-17-6-7-17)21-12-19-24-23-14(2)25(19)3;/h5,8,11,17H,4,6-7,9-10,12-13H2,1-3H3,(H,21,22);1H. The number of aromatic nitrogens is 3. The van der Waals surface area contributed by atoms with Gasteiger partial charge in [-0.3, -0.25) is 0 Å². The van der Waals surface area contributed by atoms with Gasteiger partial charge in [0.05, 0.1) is 6.61 Å². The number of aliphatic imine (C=N–C) groups is 1. The van der Waals surface area contributed by atoms with E-state index in [0.29, 0.717) is 19.2 Å². The maximum Gasteiger partial charge on any atom is 0.194 e. The summed E-state index contributed by atoms with van der Waals surface area (Å²) in [6.45, 7) is 7.05. The van der Waals surface area contributed by atoms with E-state index < -0.39 is 0 Å². The molecule has 0 spiro atoms. The molecule has 1 aliphatic heterocycles. The Hall–Kier alpha value is -1.84. The van der Waals surface area contributed by atoms with Gasteiger partial charge in [-0.2, -0.15) is 0 Å². The fraction of sp³-hybridized carbons (Fsp3) is 0.550. The number of nitrogens with zero attached hydrogens (tertiary/aromatic N) is 5. The number of aryl methyl sites for hydroxylation is 1. The van der Waals surface area contributed by atoms with Gasteiger partial charge in [0.1, 0.15) is 18.1 Å². The minimum atomic E-state index is 0. The van der Waals surface area contributed by atoms with Crippen molar-refractivity contribution in [1.82, 2.24) is 25.0 Å². The molecule has 0 amide bonds. The van der Waals surface area contributed by atoms with Crippen molar-refractivity contribution in [3.05, 3.63) is 41.0 Å². The second kappa shape index (κ2) is 9.11. The van der Waals surface area contributed by atoms with Crippen LogP contribution in [0.5, 0.6) is 5.75 Å². The number of hydrogen-bond donors (Lipinski definition) is 1. The summed E-state index contributed by atoms with van der Waals surface area (Å²) in [6, 6.07) is 7.00. The zero-order valence-electron chi connectivity index (χ0n) is 16.8. The number of guanidine groups is 1. The monoisotopic (exact) mass is 496 g/mol. The third kappa shape index (κ3) is 4.76. The van der Waals surface area contributed by atoms with Gasteiger partial charge in [0.2, 0.25) is 0 Å². The Morgan fingerprint density at radius 3 is 2.79 bits per heavy atom. The predicted molar refractivity (Wildman–Crippen MR) is 120 cm³/mol. The molecule has 1 N–H and O–H groups in total. The molecule has 1 aromatic carbocycles. The first kappa shape index (κ1) is 20.9. The zero-order chi connectivity index (χ0) is 18.8. The van der Waals surface area contributed by atoms with Gasteiger partial charge in [-0.25, -0.2) is 4.99 Å². The van der Waals surface area contributed by atoms with E-state index in [1.807, 2.05) is 25.5 Å². The second-order valence-electron chi connectivity index (χ2n) is 7.32. The molecular formula is C20H29IN6O. The van der Waals surface area contributed by atoms with Crippen molar-refractivity contribution in [3.8, 4) is 5.75 Å². The van der Waals surface area contributed by atoms with Crippen molar-refractivity contribution >= 4 is 29.9 Å². The maximum absolute atomic E-state index is 5.64. The molecule has 0 saturated heterocycles. The quantitative estimate of drug-likeness (QED) is 0.392. The summed E-state index contributed by atoms with van der Waals surface area (Å²) < 4.78 is 7.64. The van der Waals surface area contributed by atoms with E-state index in [1.54, 1.807) is 0 Å². The van der Waals surface area contributed by atoms with E-state index in [2.05, 4.69) is 38.6 Å². The molecule has 1 aliphatic carbocycles. The Morgan fingerprint density at radius 2 is 2.11 bits per heavy atom. The van der Waals surface area contributed by atoms with Crippen LogP contribution in [0.15, 0.2) is 23.2 Å². The molecule has 7 nitrogen and oxygen atoms in total. The van der Waals surface area contributed by atoms with Crippen molar-refractivity contribution in [2.75, 3.05) is 13.2 Å². The zero-order valence-corrected chi connectivity index (χ0v) is 19.1. The van der Waals surface area contributed by atoms with Crippen LogP contribution in [0.1, 0.15) is 42.5 Å². The molecule has 1 aromatic heterocycles. The van der Waals surface area contributed by atoms with Crippen molar-refractivity contribution in [2.24, 2.45) is 12.0 Å². The Kier molecular flexibility index (Phi) is 6.79. The van der Waals surface area contributed by atoms with E-state index in [1.165, 1.54) is 24.0 Å². The van der Waals surface area contributed by atoms with Gasteiger partial charge in [0.15, 0.2) is 11.8 Å². The molecule has 0 atom stereocenters. The highest BCUT2D eigenvalue weighted by molar-refractivity contribution is 14.0. The summed E-state index contributed by atoms with van der Waals surface area (Å²) in [7, 11) is 1.99. The minimum absolute atomic E-state index is 0. The summed E-state index contributed by atoms with van der Waals surface area (Å²) in [5.74, 6) is 3.75. The number of halogens is 1. The van der Waals surface area contributed by atoms with Crippen LogP contribution < -0.4 is 10.1 Å². The van der Waals surface area contributed by atoms with Gasteiger partial charge in [0.25, 0.3) is 0 Å². The number of benzene rings is 1.